The molecule has 1 aliphatic heterocycles. The molecule has 0 saturated carbocycles. The van der Waals surface area contributed by atoms with E-state index in [9.17, 15) is 4.39 Å². The van der Waals surface area contributed by atoms with Gasteiger partial charge in [0.1, 0.15) is 11.6 Å². The van der Waals surface area contributed by atoms with Crippen molar-refractivity contribution in [2.45, 2.75) is 45.3 Å². The van der Waals surface area contributed by atoms with E-state index in [1.807, 2.05) is 24.4 Å². The quantitative estimate of drug-likeness (QED) is 0.344. The largest absolute Gasteiger partial charge is 0.497 e. The third-order valence-corrected chi connectivity index (χ3v) is 6.74. The predicted molar refractivity (Wildman–Crippen MR) is 130 cm³/mol. The Balaban J connectivity index is 1.33. The third-order valence-electron chi connectivity index (χ3n) is 6.74. The molecular formula is C28H30FN3O. The molecule has 170 valence electrons. The number of pyridine rings is 1. The van der Waals surface area contributed by atoms with Crippen LogP contribution in [0, 0.1) is 5.82 Å². The fourth-order valence-corrected chi connectivity index (χ4v) is 5.05. The molecule has 0 N–H and O–H groups in total. The van der Waals surface area contributed by atoms with Crippen LogP contribution in [0.1, 0.15) is 48.2 Å². The molecule has 1 atom stereocenters. The standard InChI is InChI=1S/C28H30FN3O/c1-3-31-18-22(25-11-10-23(29)16-28(25)31)19-32-13-5-8-27(32)26-12-9-21(17-30-26)14-20-6-4-7-24(15-20)33-2/h4,6-7,9-12,15-18,27H,3,5,8,13-14,19H2,1-2H3/t27-/m0/s1. The van der Waals surface area contributed by atoms with E-state index in [1.54, 1.807) is 19.2 Å². The first-order valence-electron chi connectivity index (χ1n) is 11.7. The molecular weight excluding hydrogens is 413 g/mol. The summed E-state index contributed by atoms with van der Waals surface area (Å²) >= 11 is 0. The number of likely N-dealkylation sites (tertiary alicyclic amines) is 1. The SMILES string of the molecule is CCn1cc(CN2CCC[C@H]2c2ccc(Cc3cccc(OC)c3)cn2)c2ccc(F)cc21. The number of ether oxygens (including phenoxy) is 1. The molecule has 5 rings (SSSR count). The molecule has 4 aromatic rings. The minimum atomic E-state index is -0.181. The Kier molecular flexibility index (Phi) is 6.14. The van der Waals surface area contributed by atoms with E-state index in [-0.39, 0.29) is 5.82 Å². The van der Waals surface area contributed by atoms with Gasteiger partial charge in [-0.1, -0.05) is 18.2 Å². The van der Waals surface area contributed by atoms with Crippen molar-refractivity contribution in [3.8, 4) is 5.75 Å². The fraction of sp³-hybridized carbons (Fsp3) is 0.321. The Morgan fingerprint density at radius 2 is 2.00 bits per heavy atom. The van der Waals surface area contributed by atoms with E-state index < -0.39 is 0 Å². The van der Waals surface area contributed by atoms with Crippen LogP contribution in [0.5, 0.6) is 5.75 Å². The van der Waals surface area contributed by atoms with Crippen LogP contribution >= 0.6 is 0 Å². The second-order valence-corrected chi connectivity index (χ2v) is 8.85. The summed E-state index contributed by atoms with van der Waals surface area (Å²) in [5.41, 5.74) is 5.78. The minimum absolute atomic E-state index is 0.181. The highest BCUT2D eigenvalue weighted by atomic mass is 19.1. The number of nitrogens with zero attached hydrogens (tertiary/aromatic N) is 3. The second-order valence-electron chi connectivity index (χ2n) is 8.85. The second kappa shape index (κ2) is 9.36. The fourth-order valence-electron chi connectivity index (χ4n) is 5.05. The average molecular weight is 444 g/mol. The van der Waals surface area contributed by atoms with Crippen molar-refractivity contribution >= 4 is 10.9 Å². The first-order chi connectivity index (χ1) is 16.1. The van der Waals surface area contributed by atoms with E-state index in [1.165, 1.54) is 23.1 Å². The molecule has 2 aromatic heterocycles. The van der Waals surface area contributed by atoms with Gasteiger partial charge in [0, 0.05) is 30.9 Å². The summed E-state index contributed by atoms with van der Waals surface area (Å²) in [7, 11) is 1.70. The highest BCUT2D eigenvalue weighted by Gasteiger charge is 2.28. The number of aryl methyl sites for hydroxylation is 1. The lowest BCUT2D eigenvalue weighted by atomic mass is 10.0. The van der Waals surface area contributed by atoms with Gasteiger partial charge < -0.3 is 9.30 Å². The molecule has 0 aliphatic carbocycles. The molecule has 5 heteroatoms. The summed E-state index contributed by atoms with van der Waals surface area (Å²) in [6.45, 7) is 4.84. The van der Waals surface area contributed by atoms with E-state index in [2.05, 4.69) is 46.9 Å². The van der Waals surface area contributed by atoms with Crippen LogP contribution in [-0.4, -0.2) is 28.1 Å². The van der Waals surface area contributed by atoms with Gasteiger partial charge in [0.05, 0.1) is 24.4 Å². The number of halogens is 1. The van der Waals surface area contributed by atoms with Gasteiger partial charge in [-0.15, -0.1) is 0 Å². The van der Waals surface area contributed by atoms with Crippen LogP contribution in [0.4, 0.5) is 4.39 Å². The molecule has 0 bridgehead atoms. The van der Waals surface area contributed by atoms with Gasteiger partial charge in [-0.25, -0.2) is 4.39 Å². The molecule has 1 fully saturated rings. The van der Waals surface area contributed by atoms with Gasteiger partial charge in [-0.3, -0.25) is 9.88 Å². The van der Waals surface area contributed by atoms with Crippen LogP contribution in [-0.2, 0) is 19.5 Å². The zero-order chi connectivity index (χ0) is 22.8. The van der Waals surface area contributed by atoms with Gasteiger partial charge in [0.25, 0.3) is 0 Å². The van der Waals surface area contributed by atoms with E-state index in [0.717, 1.165) is 54.8 Å². The molecule has 4 nitrogen and oxygen atoms in total. The first-order valence-corrected chi connectivity index (χ1v) is 11.7. The van der Waals surface area contributed by atoms with Crippen LogP contribution < -0.4 is 4.74 Å². The molecule has 0 amide bonds. The van der Waals surface area contributed by atoms with Crippen molar-refractivity contribution in [2.75, 3.05) is 13.7 Å². The minimum Gasteiger partial charge on any atom is -0.497 e. The summed E-state index contributed by atoms with van der Waals surface area (Å²) in [5.74, 6) is 0.699. The highest BCUT2D eigenvalue weighted by Crippen LogP contribution is 2.34. The molecule has 0 unspecified atom stereocenters. The maximum absolute atomic E-state index is 13.8. The van der Waals surface area contributed by atoms with Gasteiger partial charge in [-0.05, 0) is 85.8 Å². The lowest BCUT2D eigenvalue weighted by Crippen LogP contribution is -2.23. The van der Waals surface area contributed by atoms with Gasteiger partial charge in [0.2, 0.25) is 0 Å². The van der Waals surface area contributed by atoms with Crippen molar-refractivity contribution in [1.29, 1.82) is 0 Å². The van der Waals surface area contributed by atoms with Crippen LogP contribution in [0.15, 0.2) is 67.0 Å². The topological polar surface area (TPSA) is 30.3 Å². The molecule has 1 aliphatic rings. The Morgan fingerprint density at radius 3 is 2.79 bits per heavy atom. The molecule has 0 radical (unpaired) electrons. The summed E-state index contributed by atoms with van der Waals surface area (Å²) in [5, 5.41) is 1.14. The Morgan fingerprint density at radius 1 is 1.09 bits per heavy atom. The number of benzene rings is 2. The van der Waals surface area contributed by atoms with Crippen molar-refractivity contribution in [3.63, 3.8) is 0 Å². The van der Waals surface area contributed by atoms with E-state index >= 15 is 0 Å². The van der Waals surface area contributed by atoms with Gasteiger partial charge >= 0.3 is 0 Å². The lowest BCUT2D eigenvalue weighted by Gasteiger charge is -2.24. The lowest BCUT2D eigenvalue weighted by molar-refractivity contribution is 0.245. The van der Waals surface area contributed by atoms with Crippen molar-refractivity contribution in [3.05, 3.63) is 95.2 Å². The molecule has 1 saturated heterocycles. The maximum Gasteiger partial charge on any atom is 0.125 e. The van der Waals surface area contributed by atoms with E-state index in [0.29, 0.717) is 6.04 Å². The maximum atomic E-state index is 13.8. The zero-order valence-electron chi connectivity index (χ0n) is 19.3. The van der Waals surface area contributed by atoms with Gasteiger partial charge in [0.15, 0.2) is 0 Å². The molecule has 33 heavy (non-hydrogen) atoms. The summed E-state index contributed by atoms with van der Waals surface area (Å²) < 4.78 is 21.3. The van der Waals surface area contributed by atoms with E-state index in [4.69, 9.17) is 9.72 Å². The van der Waals surface area contributed by atoms with Crippen LogP contribution in [0.3, 0.4) is 0 Å². The number of rotatable bonds is 7. The van der Waals surface area contributed by atoms with Crippen LogP contribution in [0.2, 0.25) is 0 Å². The molecule has 3 heterocycles. The van der Waals surface area contributed by atoms with Gasteiger partial charge in [-0.2, -0.15) is 0 Å². The Hall–Kier alpha value is -3.18. The Bertz CT molecular complexity index is 1250. The predicted octanol–water partition coefficient (Wildman–Crippen LogP) is 6.13. The number of hydrogen-bond donors (Lipinski definition) is 0. The number of hydrogen-bond acceptors (Lipinski definition) is 3. The smallest absolute Gasteiger partial charge is 0.125 e. The number of fused-ring (bicyclic) bond motifs is 1. The summed E-state index contributed by atoms with van der Waals surface area (Å²) in [6, 6.07) is 18.0. The third kappa shape index (κ3) is 4.51. The molecule has 2 aromatic carbocycles. The number of methoxy groups -OCH3 is 1. The van der Waals surface area contributed by atoms with Crippen LogP contribution in [0.25, 0.3) is 10.9 Å². The first kappa shape index (κ1) is 21.7. The normalized spacial score (nSPS) is 16.5. The van der Waals surface area contributed by atoms with Crippen molar-refractivity contribution in [2.24, 2.45) is 0 Å². The highest BCUT2D eigenvalue weighted by molar-refractivity contribution is 5.84. The van der Waals surface area contributed by atoms with Crippen molar-refractivity contribution in [1.82, 2.24) is 14.5 Å². The Labute approximate surface area is 194 Å². The number of aromatic nitrogens is 2. The molecule has 0 spiro atoms. The average Bonchev–Trinajstić information content (AvgIpc) is 3.44. The summed E-state index contributed by atoms with van der Waals surface area (Å²) in [4.78, 5) is 7.37. The van der Waals surface area contributed by atoms with Crippen molar-refractivity contribution < 1.29 is 9.13 Å². The zero-order valence-corrected chi connectivity index (χ0v) is 19.3. The summed E-state index contributed by atoms with van der Waals surface area (Å²) in [6.07, 6.45) is 7.31. The monoisotopic (exact) mass is 443 g/mol.